The molecule has 0 aromatic heterocycles. The van der Waals surface area contributed by atoms with Crippen LogP contribution in [-0.2, 0) is 14.8 Å². The first-order valence-electron chi connectivity index (χ1n) is 7.52. The minimum Gasteiger partial charge on any atom is -0.493 e. The highest BCUT2D eigenvalue weighted by molar-refractivity contribution is 7.89. The van der Waals surface area contributed by atoms with Gasteiger partial charge >= 0.3 is 0 Å². The molecule has 0 aliphatic carbocycles. The molecule has 0 radical (unpaired) electrons. The van der Waals surface area contributed by atoms with E-state index in [0.717, 1.165) is 31.5 Å². The van der Waals surface area contributed by atoms with Gasteiger partial charge in [-0.1, -0.05) is 0 Å². The van der Waals surface area contributed by atoms with Crippen molar-refractivity contribution in [2.45, 2.75) is 23.3 Å². The molecule has 2 rings (SSSR count). The van der Waals surface area contributed by atoms with Crippen molar-refractivity contribution in [3.63, 3.8) is 0 Å². The van der Waals surface area contributed by atoms with Gasteiger partial charge in [-0.3, -0.25) is 0 Å². The summed E-state index contributed by atoms with van der Waals surface area (Å²) in [4.78, 5) is -0.481. The third-order valence-corrected chi connectivity index (χ3v) is 5.50. The van der Waals surface area contributed by atoms with Crippen molar-refractivity contribution >= 4 is 10.0 Å². The Morgan fingerprint density at radius 3 is 2.46 bits per heavy atom. The van der Waals surface area contributed by atoms with Crippen molar-refractivity contribution in [3.05, 3.63) is 17.9 Å². The minimum atomic E-state index is -4.05. The highest BCUT2D eigenvalue weighted by Gasteiger charge is 2.35. The fourth-order valence-corrected chi connectivity index (χ4v) is 4.02. The van der Waals surface area contributed by atoms with E-state index in [-0.39, 0.29) is 18.0 Å². The Balaban J connectivity index is 2.24. The van der Waals surface area contributed by atoms with Gasteiger partial charge in [0.15, 0.2) is 11.5 Å². The zero-order chi connectivity index (χ0) is 17.8. The van der Waals surface area contributed by atoms with Gasteiger partial charge in [0.05, 0.1) is 26.4 Å². The Labute approximate surface area is 141 Å². The van der Waals surface area contributed by atoms with Crippen LogP contribution in [0, 0.1) is 5.82 Å². The number of hydrogen-bond acceptors (Lipinski definition) is 6. The maximum absolute atomic E-state index is 14.2. The summed E-state index contributed by atoms with van der Waals surface area (Å²) in [6, 6.07) is 2.10. The first-order chi connectivity index (χ1) is 11.4. The summed E-state index contributed by atoms with van der Waals surface area (Å²) in [5.41, 5.74) is -0.477. The summed E-state index contributed by atoms with van der Waals surface area (Å²) in [7, 11) is 0.219. The average Bonchev–Trinajstić information content (AvgIpc) is 3.02. The summed E-state index contributed by atoms with van der Waals surface area (Å²) < 4.78 is 56.9. The molecule has 2 N–H and O–H groups in total. The second-order valence-corrected chi connectivity index (χ2v) is 7.44. The van der Waals surface area contributed by atoms with Crippen molar-refractivity contribution in [1.82, 2.24) is 10.0 Å². The molecule has 136 valence electrons. The molecule has 1 aromatic rings. The third kappa shape index (κ3) is 3.97. The molecule has 7 nitrogen and oxygen atoms in total. The molecular weight excluding hydrogens is 339 g/mol. The minimum absolute atomic E-state index is 0.108. The van der Waals surface area contributed by atoms with Gasteiger partial charge in [-0.2, -0.15) is 0 Å². The monoisotopic (exact) mass is 362 g/mol. The normalized spacial score (nSPS) is 21.0. The first kappa shape index (κ1) is 18.9. The predicted octanol–water partition coefficient (Wildman–Crippen LogP) is 0.890. The number of nitrogens with one attached hydrogen (secondary N) is 2. The van der Waals surface area contributed by atoms with Crippen LogP contribution in [0.2, 0.25) is 0 Å². The molecular formula is C15H23FN2O5S. The summed E-state index contributed by atoms with van der Waals surface area (Å²) >= 11 is 0. The molecule has 1 heterocycles. The number of benzene rings is 1. The molecule has 1 saturated heterocycles. The van der Waals surface area contributed by atoms with Gasteiger partial charge in [0.25, 0.3) is 0 Å². The fourth-order valence-electron chi connectivity index (χ4n) is 2.82. The topological polar surface area (TPSA) is 85.9 Å². The first-order valence-corrected chi connectivity index (χ1v) is 9.01. The predicted molar refractivity (Wildman–Crippen MR) is 86.5 cm³/mol. The van der Waals surface area contributed by atoms with Crippen molar-refractivity contribution in [1.29, 1.82) is 0 Å². The number of halogens is 1. The van der Waals surface area contributed by atoms with E-state index in [4.69, 9.17) is 14.2 Å². The lowest BCUT2D eigenvalue weighted by atomic mass is 9.99. The van der Waals surface area contributed by atoms with E-state index in [2.05, 4.69) is 10.0 Å². The number of hydrogen-bond donors (Lipinski definition) is 2. The van der Waals surface area contributed by atoms with Crippen molar-refractivity contribution in [3.8, 4) is 11.5 Å². The molecule has 24 heavy (non-hydrogen) atoms. The lowest BCUT2D eigenvalue weighted by molar-refractivity contribution is 0.122. The van der Waals surface area contributed by atoms with Crippen LogP contribution in [0.25, 0.3) is 0 Å². The van der Waals surface area contributed by atoms with Crippen LogP contribution >= 0.6 is 0 Å². The molecule has 1 fully saturated rings. The van der Waals surface area contributed by atoms with E-state index < -0.39 is 26.3 Å². The van der Waals surface area contributed by atoms with E-state index in [1.54, 1.807) is 7.11 Å². The molecule has 0 spiro atoms. The van der Waals surface area contributed by atoms with Crippen LogP contribution in [0.3, 0.4) is 0 Å². The number of sulfonamides is 1. The van der Waals surface area contributed by atoms with Crippen LogP contribution in [0.15, 0.2) is 17.0 Å². The smallest absolute Gasteiger partial charge is 0.243 e. The van der Waals surface area contributed by atoms with Gasteiger partial charge in [0.1, 0.15) is 10.7 Å². The molecule has 1 aliphatic heterocycles. The van der Waals surface area contributed by atoms with E-state index in [1.165, 1.54) is 14.2 Å². The molecule has 9 heteroatoms. The average molecular weight is 362 g/mol. The summed E-state index contributed by atoms with van der Waals surface area (Å²) in [6.07, 6.45) is 1.70. The van der Waals surface area contributed by atoms with Crippen LogP contribution in [0.5, 0.6) is 11.5 Å². The standard InChI is InChI=1S/C15H23FN2O5S/c1-21-10-15(5-4-6-17-15)9-18-24(19,20)14-8-13(23-3)12(22-2)7-11(14)16/h7-8,17-18H,4-6,9-10H2,1-3H3. The van der Waals surface area contributed by atoms with Crippen LogP contribution in [0.4, 0.5) is 4.39 Å². The quantitative estimate of drug-likeness (QED) is 0.714. The maximum Gasteiger partial charge on any atom is 0.243 e. The summed E-state index contributed by atoms with van der Waals surface area (Å²) in [6.45, 7) is 1.26. The van der Waals surface area contributed by atoms with E-state index in [1.807, 2.05) is 0 Å². The van der Waals surface area contributed by atoms with Gasteiger partial charge < -0.3 is 19.5 Å². The van der Waals surface area contributed by atoms with E-state index in [0.29, 0.717) is 6.61 Å². The number of rotatable bonds is 8. The Kier molecular flexibility index (Phi) is 6.02. The summed E-state index contributed by atoms with van der Waals surface area (Å²) in [5, 5.41) is 3.26. The fraction of sp³-hybridized carbons (Fsp3) is 0.600. The Hall–Kier alpha value is -1.42. The van der Waals surface area contributed by atoms with Crippen molar-refractivity contribution < 1.29 is 27.0 Å². The molecule has 0 saturated carbocycles. The van der Waals surface area contributed by atoms with Crippen LogP contribution < -0.4 is 19.5 Å². The van der Waals surface area contributed by atoms with Crippen LogP contribution in [0.1, 0.15) is 12.8 Å². The highest BCUT2D eigenvalue weighted by atomic mass is 32.2. The third-order valence-electron chi connectivity index (χ3n) is 4.08. The SMILES string of the molecule is COCC1(CNS(=O)(=O)c2cc(OC)c(OC)cc2F)CCCN1. The largest absolute Gasteiger partial charge is 0.493 e. The molecule has 0 bridgehead atoms. The van der Waals surface area contributed by atoms with Crippen LogP contribution in [-0.4, -0.2) is 55.0 Å². The van der Waals surface area contributed by atoms with E-state index in [9.17, 15) is 12.8 Å². The second-order valence-electron chi connectivity index (χ2n) is 5.71. The van der Waals surface area contributed by atoms with E-state index >= 15 is 0 Å². The summed E-state index contributed by atoms with van der Waals surface area (Å²) in [5.74, 6) is -0.632. The Morgan fingerprint density at radius 2 is 1.92 bits per heavy atom. The van der Waals surface area contributed by atoms with Gasteiger partial charge in [-0.05, 0) is 19.4 Å². The highest BCUT2D eigenvalue weighted by Crippen LogP contribution is 2.32. The molecule has 1 aromatic carbocycles. The zero-order valence-electron chi connectivity index (χ0n) is 14.0. The molecule has 1 unspecified atom stereocenters. The lowest BCUT2D eigenvalue weighted by Gasteiger charge is -2.28. The second kappa shape index (κ2) is 7.64. The van der Waals surface area contributed by atoms with Gasteiger partial charge in [-0.25, -0.2) is 17.5 Å². The van der Waals surface area contributed by atoms with Gasteiger partial charge in [0.2, 0.25) is 10.0 Å². The molecule has 1 aliphatic rings. The number of methoxy groups -OCH3 is 3. The Bertz CT molecular complexity index is 675. The molecule has 0 amide bonds. The Morgan fingerprint density at radius 1 is 1.25 bits per heavy atom. The number of ether oxygens (including phenoxy) is 3. The van der Waals surface area contributed by atoms with Crippen molar-refractivity contribution in [2.75, 3.05) is 41.0 Å². The maximum atomic E-state index is 14.2. The van der Waals surface area contributed by atoms with Gasteiger partial charge in [0, 0.05) is 25.8 Å². The van der Waals surface area contributed by atoms with Gasteiger partial charge in [-0.15, -0.1) is 0 Å². The van der Waals surface area contributed by atoms with Crippen molar-refractivity contribution in [2.24, 2.45) is 0 Å². The lowest BCUT2D eigenvalue weighted by Crippen LogP contribution is -2.52. The molecule has 1 atom stereocenters. The zero-order valence-corrected chi connectivity index (χ0v) is 14.8.